The van der Waals surface area contributed by atoms with E-state index in [1.807, 2.05) is 6.92 Å². The Bertz CT molecular complexity index is 151. The molecule has 1 aliphatic carbocycles. The summed E-state index contributed by atoms with van der Waals surface area (Å²) in [7, 11) is 0. The van der Waals surface area contributed by atoms with Crippen molar-refractivity contribution in [2.45, 2.75) is 26.2 Å². The van der Waals surface area contributed by atoms with E-state index in [-0.39, 0.29) is 0 Å². The van der Waals surface area contributed by atoms with Crippen LogP contribution in [0, 0.1) is 5.92 Å². The summed E-state index contributed by atoms with van der Waals surface area (Å²) in [4.78, 5) is 4.32. The van der Waals surface area contributed by atoms with Crippen LogP contribution in [0.3, 0.4) is 0 Å². The number of rotatable bonds is 3. The van der Waals surface area contributed by atoms with Crippen LogP contribution in [-0.4, -0.2) is 19.0 Å². The zero-order valence-electron chi connectivity index (χ0n) is 7.64. The zero-order valence-corrected chi connectivity index (χ0v) is 7.64. The number of hydrogen-bond acceptors (Lipinski definition) is 2. The Labute approximate surface area is 73.6 Å². The number of nitrogens with zero attached hydrogens (tertiary/aromatic N) is 1. The predicted molar refractivity (Wildman–Crippen MR) is 50.6 cm³/mol. The van der Waals surface area contributed by atoms with E-state index in [2.05, 4.69) is 15.7 Å². The molecule has 0 aromatic heterocycles. The number of nitrogens with two attached hydrogens (primary N) is 1. The highest BCUT2D eigenvalue weighted by Gasteiger charge is 2.16. The molecule has 4 N–H and O–H groups in total. The summed E-state index contributed by atoms with van der Waals surface area (Å²) in [6, 6.07) is 0. The summed E-state index contributed by atoms with van der Waals surface area (Å²) in [5.41, 5.74) is 2.55. The molecule has 0 aromatic carbocycles. The molecular formula is C8H18N4. The van der Waals surface area contributed by atoms with Crippen molar-refractivity contribution in [1.29, 1.82) is 0 Å². The summed E-state index contributed by atoms with van der Waals surface area (Å²) >= 11 is 0. The van der Waals surface area contributed by atoms with E-state index >= 15 is 0 Å². The fraction of sp³-hybridized carbons (Fsp3) is 0.875. The molecule has 1 aliphatic rings. The summed E-state index contributed by atoms with van der Waals surface area (Å²) in [5, 5.41) is 3.05. The molecule has 0 radical (unpaired) electrons. The fourth-order valence-electron chi connectivity index (χ4n) is 1.22. The lowest BCUT2D eigenvalue weighted by atomic mass is 9.86. The third kappa shape index (κ3) is 2.70. The first kappa shape index (κ1) is 9.32. The first-order valence-corrected chi connectivity index (χ1v) is 4.61. The van der Waals surface area contributed by atoms with Crippen LogP contribution in [0.4, 0.5) is 0 Å². The normalized spacial score (nSPS) is 18.7. The van der Waals surface area contributed by atoms with Gasteiger partial charge in [-0.15, -0.1) is 0 Å². The zero-order chi connectivity index (χ0) is 8.81. The Morgan fingerprint density at radius 1 is 1.58 bits per heavy atom. The Balaban J connectivity index is 2.20. The monoisotopic (exact) mass is 170 g/mol. The second-order valence-electron chi connectivity index (χ2n) is 3.16. The minimum Gasteiger partial charge on any atom is -0.356 e. The lowest BCUT2D eigenvalue weighted by molar-refractivity contribution is 0.326. The van der Waals surface area contributed by atoms with Gasteiger partial charge >= 0.3 is 0 Å². The minimum atomic E-state index is 0.712. The van der Waals surface area contributed by atoms with Crippen molar-refractivity contribution in [2.24, 2.45) is 16.8 Å². The lowest BCUT2D eigenvalue weighted by Gasteiger charge is -2.23. The van der Waals surface area contributed by atoms with Gasteiger partial charge in [0.2, 0.25) is 5.96 Å². The largest absolute Gasteiger partial charge is 0.356 e. The van der Waals surface area contributed by atoms with E-state index in [4.69, 9.17) is 5.84 Å². The summed E-state index contributed by atoms with van der Waals surface area (Å²) in [6.45, 7) is 3.79. The van der Waals surface area contributed by atoms with Crippen LogP contribution in [0.1, 0.15) is 26.2 Å². The van der Waals surface area contributed by atoms with Crippen molar-refractivity contribution < 1.29 is 0 Å². The third-order valence-electron chi connectivity index (χ3n) is 2.21. The quantitative estimate of drug-likeness (QED) is 0.246. The van der Waals surface area contributed by atoms with Crippen molar-refractivity contribution in [3.05, 3.63) is 0 Å². The first-order valence-electron chi connectivity index (χ1n) is 4.61. The van der Waals surface area contributed by atoms with Crippen molar-refractivity contribution in [3.63, 3.8) is 0 Å². The highest BCUT2D eigenvalue weighted by atomic mass is 15.3. The van der Waals surface area contributed by atoms with Gasteiger partial charge in [0.15, 0.2) is 0 Å². The summed E-state index contributed by atoms with van der Waals surface area (Å²) in [6.07, 6.45) is 4.02. The second kappa shape index (κ2) is 4.98. The number of guanidine groups is 1. The molecule has 0 amide bonds. The Kier molecular flexibility index (Phi) is 3.87. The molecule has 1 rings (SSSR count). The van der Waals surface area contributed by atoms with Gasteiger partial charge in [-0.1, -0.05) is 6.42 Å². The molecule has 12 heavy (non-hydrogen) atoms. The van der Waals surface area contributed by atoms with Gasteiger partial charge in [0.05, 0.1) is 0 Å². The van der Waals surface area contributed by atoms with Gasteiger partial charge in [0.25, 0.3) is 0 Å². The SMILES string of the molecule is CCNC(=NCC1CCC1)NN. The van der Waals surface area contributed by atoms with Crippen molar-refractivity contribution in [3.8, 4) is 0 Å². The molecular weight excluding hydrogens is 152 g/mol. The lowest BCUT2D eigenvalue weighted by Crippen LogP contribution is -2.41. The van der Waals surface area contributed by atoms with Gasteiger partial charge in [0.1, 0.15) is 0 Å². The maximum atomic E-state index is 5.26. The van der Waals surface area contributed by atoms with Crippen LogP contribution in [0.25, 0.3) is 0 Å². The maximum absolute atomic E-state index is 5.26. The fourth-order valence-corrected chi connectivity index (χ4v) is 1.22. The molecule has 4 heteroatoms. The van der Waals surface area contributed by atoms with Crippen LogP contribution >= 0.6 is 0 Å². The average molecular weight is 170 g/mol. The molecule has 0 unspecified atom stereocenters. The highest BCUT2D eigenvalue weighted by Crippen LogP contribution is 2.26. The molecule has 0 bridgehead atoms. The van der Waals surface area contributed by atoms with E-state index < -0.39 is 0 Å². The predicted octanol–water partition coefficient (Wildman–Crippen LogP) is 0.215. The topological polar surface area (TPSA) is 62.4 Å². The van der Waals surface area contributed by atoms with Crippen molar-refractivity contribution >= 4 is 5.96 Å². The molecule has 1 fully saturated rings. The molecule has 0 atom stereocenters. The van der Waals surface area contributed by atoms with Gasteiger partial charge in [-0.05, 0) is 25.7 Å². The Morgan fingerprint density at radius 3 is 2.75 bits per heavy atom. The van der Waals surface area contributed by atoms with E-state index in [0.29, 0.717) is 5.96 Å². The third-order valence-corrected chi connectivity index (χ3v) is 2.21. The maximum Gasteiger partial charge on any atom is 0.205 e. The Morgan fingerprint density at radius 2 is 2.33 bits per heavy atom. The van der Waals surface area contributed by atoms with E-state index in [0.717, 1.165) is 19.0 Å². The van der Waals surface area contributed by atoms with Gasteiger partial charge in [-0.3, -0.25) is 10.4 Å². The first-order chi connectivity index (χ1) is 5.86. The Hall–Kier alpha value is -0.770. The van der Waals surface area contributed by atoms with Crippen LogP contribution in [0.2, 0.25) is 0 Å². The molecule has 0 saturated heterocycles. The number of hydrazine groups is 1. The van der Waals surface area contributed by atoms with Crippen molar-refractivity contribution in [1.82, 2.24) is 10.7 Å². The smallest absolute Gasteiger partial charge is 0.205 e. The molecule has 1 saturated carbocycles. The van der Waals surface area contributed by atoms with Gasteiger partial charge < -0.3 is 5.32 Å². The van der Waals surface area contributed by atoms with E-state index in [1.54, 1.807) is 0 Å². The average Bonchev–Trinajstić information content (AvgIpc) is 2.00. The molecule has 0 aromatic rings. The van der Waals surface area contributed by atoms with Crippen LogP contribution in [0.15, 0.2) is 4.99 Å². The molecule has 0 heterocycles. The highest BCUT2D eigenvalue weighted by molar-refractivity contribution is 5.79. The molecule has 0 spiro atoms. The van der Waals surface area contributed by atoms with E-state index in [9.17, 15) is 0 Å². The standard InChI is InChI=1S/C8H18N4/c1-2-10-8(12-9)11-6-7-4-3-5-7/h7H,2-6,9H2,1H3,(H2,10,11,12). The second-order valence-corrected chi connectivity index (χ2v) is 3.16. The molecule has 0 aliphatic heterocycles. The number of nitrogens with one attached hydrogen (secondary N) is 2. The number of hydrogen-bond donors (Lipinski definition) is 3. The van der Waals surface area contributed by atoms with Crippen LogP contribution < -0.4 is 16.6 Å². The van der Waals surface area contributed by atoms with Gasteiger partial charge in [-0.25, -0.2) is 5.84 Å². The van der Waals surface area contributed by atoms with Crippen LogP contribution in [0.5, 0.6) is 0 Å². The summed E-state index contributed by atoms with van der Waals surface area (Å²) < 4.78 is 0. The van der Waals surface area contributed by atoms with Gasteiger partial charge in [0, 0.05) is 13.1 Å². The molecule has 4 nitrogen and oxygen atoms in total. The van der Waals surface area contributed by atoms with Crippen LogP contribution in [-0.2, 0) is 0 Å². The minimum absolute atomic E-state index is 0.712. The number of aliphatic imine (C=N–C) groups is 1. The van der Waals surface area contributed by atoms with E-state index in [1.165, 1.54) is 19.3 Å². The van der Waals surface area contributed by atoms with Gasteiger partial charge in [-0.2, -0.15) is 0 Å². The summed E-state index contributed by atoms with van der Waals surface area (Å²) in [5.74, 6) is 6.77. The molecule has 70 valence electrons. The van der Waals surface area contributed by atoms with Crippen molar-refractivity contribution in [2.75, 3.05) is 13.1 Å².